The zero-order valence-corrected chi connectivity index (χ0v) is 15.2. The monoisotopic (exact) mass is 376 g/mol. The Hall–Kier alpha value is -1.75. The smallest absolute Gasteiger partial charge is 0.253 e. The van der Waals surface area contributed by atoms with E-state index in [4.69, 9.17) is 5.73 Å². The number of rotatable bonds is 4. The zero-order chi connectivity index (χ0) is 17.5. The standard InChI is InChI=1S/C20H32N4O.2CH4/c21-19-17(9-6-10-18(19)24-13-11-22-12-14-24)20(25)23-15-16-7-4-2-1-3-5-8-16;;/h6,9-10,16,22H,1-5,7-8,11-15,21H2,(H,23,25);2*1H4. The van der Waals surface area contributed by atoms with Crippen molar-refractivity contribution in [2.45, 2.75) is 59.8 Å². The molecule has 0 unspecified atom stereocenters. The third-order valence-corrected chi connectivity index (χ3v) is 5.56. The molecule has 1 saturated heterocycles. The van der Waals surface area contributed by atoms with Gasteiger partial charge in [0.15, 0.2) is 0 Å². The summed E-state index contributed by atoms with van der Waals surface area (Å²) in [5.74, 6) is 0.582. The topological polar surface area (TPSA) is 70.4 Å². The predicted octanol–water partition coefficient (Wildman–Crippen LogP) is 4.04. The molecule has 1 aromatic rings. The van der Waals surface area contributed by atoms with Crippen LogP contribution in [0, 0.1) is 5.92 Å². The summed E-state index contributed by atoms with van der Waals surface area (Å²) in [6.07, 6.45) is 9.10. The number of carbonyl (C=O) groups is 1. The summed E-state index contributed by atoms with van der Waals surface area (Å²) in [7, 11) is 0. The first-order valence-corrected chi connectivity index (χ1v) is 9.88. The maximum Gasteiger partial charge on any atom is 0.253 e. The number of nitrogens with zero attached hydrogens (tertiary/aromatic N) is 1. The number of hydrogen-bond acceptors (Lipinski definition) is 4. The van der Waals surface area contributed by atoms with E-state index < -0.39 is 0 Å². The number of nitrogen functional groups attached to an aromatic ring is 1. The van der Waals surface area contributed by atoms with Crippen LogP contribution in [0.15, 0.2) is 18.2 Å². The molecule has 1 aliphatic heterocycles. The van der Waals surface area contributed by atoms with Gasteiger partial charge >= 0.3 is 0 Å². The van der Waals surface area contributed by atoms with E-state index in [1.54, 1.807) is 0 Å². The van der Waals surface area contributed by atoms with Gasteiger partial charge in [-0.3, -0.25) is 4.79 Å². The normalized spacial score (nSPS) is 18.4. The van der Waals surface area contributed by atoms with E-state index in [0.29, 0.717) is 17.2 Å². The fourth-order valence-corrected chi connectivity index (χ4v) is 4.01. The number of nitrogens with one attached hydrogen (secondary N) is 2. The van der Waals surface area contributed by atoms with E-state index >= 15 is 0 Å². The molecular weight excluding hydrogens is 336 g/mol. The van der Waals surface area contributed by atoms with Crippen LogP contribution in [0.25, 0.3) is 0 Å². The van der Waals surface area contributed by atoms with Crippen molar-refractivity contribution < 1.29 is 4.79 Å². The van der Waals surface area contributed by atoms with Gasteiger partial charge in [-0.25, -0.2) is 0 Å². The Bertz CT molecular complexity index is 561. The van der Waals surface area contributed by atoms with E-state index in [1.807, 2.05) is 18.2 Å². The first-order chi connectivity index (χ1) is 12.3. The minimum atomic E-state index is -0.0310. The third kappa shape index (κ3) is 6.42. The van der Waals surface area contributed by atoms with Gasteiger partial charge in [-0.05, 0) is 30.9 Å². The lowest BCUT2D eigenvalue weighted by Gasteiger charge is -2.31. The van der Waals surface area contributed by atoms with Gasteiger partial charge in [-0.1, -0.05) is 53.0 Å². The number of anilines is 2. The molecule has 5 heteroatoms. The molecule has 4 N–H and O–H groups in total. The highest BCUT2D eigenvalue weighted by Gasteiger charge is 2.19. The fraction of sp³-hybridized carbons (Fsp3) is 0.682. The molecule has 2 aliphatic rings. The third-order valence-electron chi connectivity index (χ3n) is 5.56. The molecule has 0 atom stereocenters. The Labute approximate surface area is 166 Å². The van der Waals surface area contributed by atoms with Gasteiger partial charge < -0.3 is 21.3 Å². The van der Waals surface area contributed by atoms with Crippen LogP contribution in [0.3, 0.4) is 0 Å². The van der Waals surface area contributed by atoms with Crippen LogP contribution in [0.5, 0.6) is 0 Å². The van der Waals surface area contributed by atoms with Crippen molar-refractivity contribution >= 4 is 17.3 Å². The number of amides is 1. The summed E-state index contributed by atoms with van der Waals surface area (Å²) in [4.78, 5) is 14.9. The molecule has 0 spiro atoms. The van der Waals surface area contributed by atoms with Crippen molar-refractivity contribution in [2.24, 2.45) is 5.92 Å². The Morgan fingerprint density at radius 3 is 2.37 bits per heavy atom. The summed E-state index contributed by atoms with van der Waals surface area (Å²) in [5, 5.41) is 6.48. The van der Waals surface area contributed by atoms with E-state index in [0.717, 1.165) is 38.4 Å². The van der Waals surface area contributed by atoms with Crippen LogP contribution in [0.2, 0.25) is 0 Å². The molecule has 1 aliphatic carbocycles. The number of para-hydroxylation sites is 1. The van der Waals surface area contributed by atoms with Crippen LogP contribution < -0.4 is 21.3 Å². The number of hydrogen-bond donors (Lipinski definition) is 3. The molecule has 2 fully saturated rings. The Morgan fingerprint density at radius 2 is 1.70 bits per heavy atom. The molecule has 0 bridgehead atoms. The maximum atomic E-state index is 12.7. The Morgan fingerprint density at radius 1 is 1.07 bits per heavy atom. The largest absolute Gasteiger partial charge is 0.396 e. The molecule has 0 radical (unpaired) electrons. The van der Waals surface area contributed by atoms with Crippen LogP contribution in [0.4, 0.5) is 11.4 Å². The van der Waals surface area contributed by atoms with Crippen LogP contribution >= 0.6 is 0 Å². The summed E-state index contributed by atoms with van der Waals surface area (Å²) in [5.41, 5.74) is 8.56. The average molecular weight is 377 g/mol. The van der Waals surface area contributed by atoms with Gasteiger partial charge in [0.05, 0.1) is 16.9 Å². The lowest BCUT2D eigenvalue weighted by Crippen LogP contribution is -2.44. The van der Waals surface area contributed by atoms with E-state index in [1.165, 1.54) is 44.9 Å². The van der Waals surface area contributed by atoms with Gasteiger partial charge in [0.2, 0.25) is 0 Å². The van der Waals surface area contributed by atoms with Gasteiger partial charge in [-0.15, -0.1) is 0 Å². The second-order valence-electron chi connectivity index (χ2n) is 7.40. The molecule has 27 heavy (non-hydrogen) atoms. The lowest BCUT2D eigenvalue weighted by atomic mass is 9.91. The van der Waals surface area contributed by atoms with Crippen LogP contribution in [0.1, 0.15) is 70.2 Å². The molecule has 1 aromatic carbocycles. The molecule has 0 aromatic heterocycles. The molecule has 1 heterocycles. The van der Waals surface area contributed by atoms with E-state index in [2.05, 4.69) is 15.5 Å². The van der Waals surface area contributed by atoms with Gasteiger partial charge in [-0.2, -0.15) is 0 Å². The predicted molar refractivity (Wildman–Crippen MR) is 118 cm³/mol. The van der Waals surface area contributed by atoms with Crippen LogP contribution in [-0.4, -0.2) is 38.6 Å². The number of benzene rings is 1. The van der Waals surface area contributed by atoms with E-state index in [9.17, 15) is 4.79 Å². The Kier molecular flexibility index (Phi) is 10.2. The minimum absolute atomic E-state index is 0. The molecule has 3 rings (SSSR count). The van der Waals surface area contributed by atoms with Crippen LogP contribution in [-0.2, 0) is 0 Å². The lowest BCUT2D eigenvalue weighted by molar-refractivity contribution is 0.0945. The van der Waals surface area contributed by atoms with Gasteiger partial charge in [0, 0.05) is 32.7 Å². The quantitative estimate of drug-likeness (QED) is 0.694. The number of carbonyl (C=O) groups excluding carboxylic acids is 1. The first-order valence-electron chi connectivity index (χ1n) is 9.88. The molecule has 1 saturated carbocycles. The molecular formula is C22H40N4O. The second-order valence-corrected chi connectivity index (χ2v) is 7.40. The van der Waals surface area contributed by atoms with Gasteiger partial charge in [0.25, 0.3) is 5.91 Å². The second kappa shape index (κ2) is 11.9. The van der Waals surface area contributed by atoms with Gasteiger partial charge in [0.1, 0.15) is 0 Å². The molecule has 1 amide bonds. The zero-order valence-electron chi connectivity index (χ0n) is 15.2. The molecule has 154 valence electrons. The van der Waals surface area contributed by atoms with Crippen molar-refractivity contribution in [1.82, 2.24) is 10.6 Å². The average Bonchev–Trinajstić information content (AvgIpc) is 2.61. The van der Waals surface area contributed by atoms with Crippen molar-refractivity contribution in [3.63, 3.8) is 0 Å². The summed E-state index contributed by atoms with van der Waals surface area (Å²) >= 11 is 0. The summed E-state index contributed by atoms with van der Waals surface area (Å²) in [6, 6.07) is 5.80. The summed E-state index contributed by atoms with van der Waals surface area (Å²) < 4.78 is 0. The fourth-order valence-electron chi connectivity index (χ4n) is 4.01. The number of nitrogens with two attached hydrogens (primary N) is 1. The SMILES string of the molecule is C.C.Nc1c(C(=O)NCC2CCCCCCC2)cccc1N1CCNCC1. The Balaban J connectivity index is 0.00000182. The van der Waals surface area contributed by atoms with Crippen molar-refractivity contribution in [1.29, 1.82) is 0 Å². The summed E-state index contributed by atoms with van der Waals surface area (Å²) in [6.45, 7) is 4.54. The minimum Gasteiger partial charge on any atom is -0.396 e. The maximum absolute atomic E-state index is 12.7. The molecule has 5 nitrogen and oxygen atoms in total. The highest BCUT2D eigenvalue weighted by molar-refractivity contribution is 6.01. The highest BCUT2D eigenvalue weighted by atomic mass is 16.1. The van der Waals surface area contributed by atoms with Crippen molar-refractivity contribution in [2.75, 3.05) is 43.4 Å². The van der Waals surface area contributed by atoms with E-state index in [-0.39, 0.29) is 20.8 Å². The first kappa shape index (κ1) is 23.3. The highest BCUT2D eigenvalue weighted by Crippen LogP contribution is 2.27. The van der Waals surface area contributed by atoms with Crippen molar-refractivity contribution in [3.05, 3.63) is 23.8 Å². The van der Waals surface area contributed by atoms with Crippen molar-refractivity contribution in [3.8, 4) is 0 Å². The number of piperazine rings is 1.